The third-order valence-electron chi connectivity index (χ3n) is 3.30. The van der Waals surface area contributed by atoms with Crippen LogP contribution in [0.3, 0.4) is 0 Å². The van der Waals surface area contributed by atoms with E-state index >= 15 is 0 Å². The van der Waals surface area contributed by atoms with E-state index in [1.165, 1.54) is 0 Å². The first-order chi connectivity index (χ1) is 8.58. The summed E-state index contributed by atoms with van der Waals surface area (Å²) in [6.45, 7) is 3.63. The molecule has 6 heteroatoms. The fraction of sp³-hybridized carbons (Fsp3) is 0.833. The van der Waals surface area contributed by atoms with E-state index in [-0.39, 0.29) is 24.0 Å². The van der Waals surface area contributed by atoms with Crippen molar-refractivity contribution in [3.8, 4) is 0 Å². The van der Waals surface area contributed by atoms with E-state index < -0.39 is 11.9 Å². The van der Waals surface area contributed by atoms with Gasteiger partial charge in [0.1, 0.15) is 0 Å². The molecule has 102 valence electrons. The maximum Gasteiger partial charge on any atom is 0.307 e. The molecule has 1 aliphatic carbocycles. The number of carboxylic acid groups (broad SMARTS) is 1. The maximum atomic E-state index is 11.7. The fourth-order valence-corrected chi connectivity index (χ4v) is 2.07. The lowest BCUT2D eigenvalue weighted by atomic mass is 10.2. The smallest absolute Gasteiger partial charge is 0.307 e. The van der Waals surface area contributed by atoms with Crippen molar-refractivity contribution in [3.05, 3.63) is 0 Å². The van der Waals surface area contributed by atoms with Gasteiger partial charge in [0.15, 0.2) is 0 Å². The lowest BCUT2D eigenvalue weighted by Gasteiger charge is -2.16. The van der Waals surface area contributed by atoms with Crippen molar-refractivity contribution in [2.24, 2.45) is 11.8 Å². The van der Waals surface area contributed by atoms with E-state index in [0.717, 1.165) is 13.0 Å². The molecule has 1 aliphatic heterocycles. The number of nitrogens with one attached hydrogen (secondary N) is 1. The van der Waals surface area contributed by atoms with Gasteiger partial charge in [0, 0.05) is 12.6 Å². The maximum absolute atomic E-state index is 11.7. The molecule has 0 bridgehead atoms. The van der Waals surface area contributed by atoms with Gasteiger partial charge in [-0.05, 0) is 19.8 Å². The third kappa shape index (κ3) is 3.43. The topological polar surface area (TPSA) is 84.9 Å². The zero-order valence-corrected chi connectivity index (χ0v) is 10.4. The van der Waals surface area contributed by atoms with Crippen LogP contribution in [0.1, 0.15) is 19.8 Å². The highest BCUT2D eigenvalue weighted by molar-refractivity contribution is 5.89. The minimum Gasteiger partial charge on any atom is -0.481 e. The number of hydrogen-bond acceptors (Lipinski definition) is 4. The van der Waals surface area contributed by atoms with Crippen LogP contribution in [0.25, 0.3) is 0 Å². The molecule has 18 heavy (non-hydrogen) atoms. The molecule has 4 atom stereocenters. The minimum atomic E-state index is -0.887. The average molecular weight is 257 g/mol. The van der Waals surface area contributed by atoms with E-state index in [0.29, 0.717) is 19.6 Å². The summed E-state index contributed by atoms with van der Waals surface area (Å²) in [4.78, 5) is 22.3. The average Bonchev–Trinajstić information content (AvgIpc) is 2.97. The van der Waals surface area contributed by atoms with Crippen LogP contribution in [0, 0.1) is 11.8 Å². The molecular formula is C12H19NO5. The summed E-state index contributed by atoms with van der Waals surface area (Å²) in [7, 11) is 0. The van der Waals surface area contributed by atoms with E-state index in [1.54, 1.807) is 0 Å². The molecule has 1 saturated carbocycles. The number of amides is 1. The molecule has 2 rings (SSSR count). The van der Waals surface area contributed by atoms with E-state index in [4.69, 9.17) is 14.6 Å². The van der Waals surface area contributed by atoms with Gasteiger partial charge in [-0.25, -0.2) is 0 Å². The molecule has 2 N–H and O–H groups in total. The standard InChI is InChI=1S/C12H19NO5/c1-7(5-18-8-2-3-17-6-8)13-11(14)9-4-10(9)12(15)16/h7-10H,2-6H2,1H3,(H,13,14)(H,15,16). The third-order valence-corrected chi connectivity index (χ3v) is 3.30. The molecule has 1 saturated heterocycles. The van der Waals surface area contributed by atoms with Crippen LogP contribution in [-0.4, -0.2) is 48.9 Å². The monoisotopic (exact) mass is 257 g/mol. The summed E-state index contributed by atoms with van der Waals surface area (Å²) in [5, 5.41) is 11.5. The highest BCUT2D eigenvalue weighted by Crippen LogP contribution is 2.38. The highest BCUT2D eigenvalue weighted by Gasteiger charge is 2.48. The Bertz CT molecular complexity index is 326. The number of carbonyl (C=O) groups excluding carboxylic acids is 1. The van der Waals surface area contributed by atoms with Gasteiger partial charge in [-0.2, -0.15) is 0 Å². The van der Waals surface area contributed by atoms with Crippen molar-refractivity contribution >= 4 is 11.9 Å². The number of carboxylic acids is 1. The Morgan fingerprint density at radius 1 is 1.50 bits per heavy atom. The van der Waals surface area contributed by atoms with Crippen LogP contribution in [0.15, 0.2) is 0 Å². The molecule has 6 nitrogen and oxygen atoms in total. The zero-order valence-electron chi connectivity index (χ0n) is 10.4. The molecule has 1 heterocycles. The lowest BCUT2D eigenvalue weighted by Crippen LogP contribution is -2.38. The first kappa shape index (κ1) is 13.3. The largest absolute Gasteiger partial charge is 0.481 e. The van der Waals surface area contributed by atoms with Crippen molar-refractivity contribution in [3.63, 3.8) is 0 Å². The summed E-state index contributed by atoms with van der Waals surface area (Å²) < 4.78 is 10.8. The normalized spacial score (nSPS) is 31.9. The first-order valence-corrected chi connectivity index (χ1v) is 6.30. The second-order valence-electron chi connectivity index (χ2n) is 5.02. The number of carbonyl (C=O) groups is 2. The van der Waals surface area contributed by atoms with Gasteiger partial charge in [-0.3, -0.25) is 9.59 Å². The molecule has 2 aliphatic rings. The molecule has 0 aromatic rings. The number of ether oxygens (including phenoxy) is 2. The van der Waals surface area contributed by atoms with Gasteiger partial charge in [-0.15, -0.1) is 0 Å². The Labute approximate surface area is 106 Å². The fourth-order valence-electron chi connectivity index (χ4n) is 2.07. The Morgan fingerprint density at radius 2 is 2.28 bits per heavy atom. The van der Waals surface area contributed by atoms with Gasteiger partial charge in [0.25, 0.3) is 0 Å². The summed E-state index contributed by atoms with van der Waals surface area (Å²) >= 11 is 0. The molecule has 4 unspecified atom stereocenters. The molecule has 2 fully saturated rings. The molecular weight excluding hydrogens is 238 g/mol. The molecule has 0 aromatic heterocycles. The first-order valence-electron chi connectivity index (χ1n) is 6.30. The number of hydrogen-bond donors (Lipinski definition) is 2. The highest BCUT2D eigenvalue weighted by atomic mass is 16.5. The lowest BCUT2D eigenvalue weighted by molar-refractivity contribution is -0.140. The van der Waals surface area contributed by atoms with E-state index in [9.17, 15) is 9.59 Å². The molecule has 0 spiro atoms. The van der Waals surface area contributed by atoms with E-state index in [2.05, 4.69) is 5.32 Å². The van der Waals surface area contributed by atoms with Crippen molar-refractivity contribution in [1.29, 1.82) is 0 Å². The Balaban J connectivity index is 1.63. The predicted molar refractivity (Wildman–Crippen MR) is 62.0 cm³/mol. The second-order valence-corrected chi connectivity index (χ2v) is 5.02. The number of rotatable bonds is 6. The predicted octanol–water partition coefficient (Wildman–Crippen LogP) is 0.0173. The van der Waals surface area contributed by atoms with Crippen LogP contribution in [0.4, 0.5) is 0 Å². The van der Waals surface area contributed by atoms with Gasteiger partial charge in [-0.1, -0.05) is 0 Å². The van der Waals surface area contributed by atoms with Crippen LogP contribution < -0.4 is 5.32 Å². The Hall–Kier alpha value is -1.14. The van der Waals surface area contributed by atoms with Crippen LogP contribution in [-0.2, 0) is 19.1 Å². The van der Waals surface area contributed by atoms with Crippen molar-refractivity contribution in [2.45, 2.75) is 31.9 Å². The van der Waals surface area contributed by atoms with Gasteiger partial charge < -0.3 is 19.9 Å². The second kappa shape index (κ2) is 5.67. The molecule has 0 aromatic carbocycles. The van der Waals surface area contributed by atoms with Crippen molar-refractivity contribution in [2.75, 3.05) is 19.8 Å². The van der Waals surface area contributed by atoms with E-state index in [1.807, 2.05) is 6.92 Å². The molecule has 0 radical (unpaired) electrons. The number of aliphatic carboxylic acids is 1. The summed E-state index contributed by atoms with van der Waals surface area (Å²) in [5.41, 5.74) is 0. The SMILES string of the molecule is CC(COC1CCOC1)NC(=O)C1CC1C(=O)O. The molecule has 1 amide bonds. The van der Waals surface area contributed by atoms with Crippen molar-refractivity contribution in [1.82, 2.24) is 5.32 Å². The van der Waals surface area contributed by atoms with Gasteiger partial charge in [0.05, 0.1) is 31.2 Å². The zero-order chi connectivity index (χ0) is 13.1. The van der Waals surface area contributed by atoms with Crippen LogP contribution >= 0.6 is 0 Å². The Kier molecular flexibility index (Phi) is 4.19. The summed E-state index contributed by atoms with van der Waals surface area (Å²) in [6, 6.07) is -0.104. The quantitative estimate of drug-likeness (QED) is 0.700. The van der Waals surface area contributed by atoms with Crippen LogP contribution in [0.5, 0.6) is 0 Å². The van der Waals surface area contributed by atoms with Crippen molar-refractivity contribution < 1.29 is 24.2 Å². The summed E-state index contributed by atoms with van der Waals surface area (Å²) in [6.07, 6.45) is 1.47. The Morgan fingerprint density at radius 3 is 2.83 bits per heavy atom. The van der Waals surface area contributed by atoms with Gasteiger partial charge >= 0.3 is 5.97 Å². The minimum absolute atomic E-state index is 0.104. The van der Waals surface area contributed by atoms with Crippen LogP contribution in [0.2, 0.25) is 0 Å². The van der Waals surface area contributed by atoms with Gasteiger partial charge in [0.2, 0.25) is 5.91 Å². The summed E-state index contributed by atoms with van der Waals surface area (Å²) in [5.74, 6) is -1.93.